The Bertz CT molecular complexity index is 1090. The maximum absolute atomic E-state index is 13.1. The second-order valence-corrected chi connectivity index (χ2v) is 6.64. The normalized spacial score (nSPS) is 20.0. The Balaban J connectivity index is 1.75. The highest BCUT2D eigenvalue weighted by atomic mass is 19.4. The smallest absolute Gasteiger partial charge is 0.404 e. The Morgan fingerprint density at radius 1 is 1.04 bits per heavy atom. The Labute approximate surface area is 152 Å². The number of para-hydroxylation sites is 1. The summed E-state index contributed by atoms with van der Waals surface area (Å²) in [7, 11) is 0. The van der Waals surface area contributed by atoms with Gasteiger partial charge in [-0.3, -0.25) is 4.79 Å². The first-order valence-corrected chi connectivity index (χ1v) is 8.37. The fourth-order valence-electron chi connectivity index (χ4n) is 4.19. The average Bonchev–Trinajstić information content (AvgIpc) is 3.20. The quantitative estimate of drug-likeness (QED) is 0.694. The molecule has 7 heteroatoms. The topological polar surface area (TPSA) is 43.3 Å². The lowest BCUT2D eigenvalue weighted by Crippen LogP contribution is -2.45. The predicted molar refractivity (Wildman–Crippen MR) is 92.4 cm³/mol. The van der Waals surface area contributed by atoms with Crippen molar-refractivity contribution in [2.75, 3.05) is 5.32 Å². The van der Waals surface area contributed by atoms with E-state index in [1.165, 1.54) is 12.1 Å². The molecule has 1 unspecified atom stereocenters. The molecule has 27 heavy (non-hydrogen) atoms. The molecule has 136 valence electrons. The zero-order chi connectivity index (χ0) is 18.8. The van der Waals surface area contributed by atoms with Crippen molar-refractivity contribution in [3.8, 4) is 17.0 Å². The molecule has 3 aromatic rings. The summed E-state index contributed by atoms with van der Waals surface area (Å²) >= 11 is 0. The molecule has 2 aromatic carbocycles. The van der Waals surface area contributed by atoms with Crippen molar-refractivity contribution >= 4 is 11.6 Å². The van der Waals surface area contributed by atoms with Crippen molar-refractivity contribution in [2.24, 2.45) is 0 Å². The summed E-state index contributed by atoms with van der Waals surface area (Å²) in [6.45, 7) is 0. The standard InChI is InChI=1S/C20H13F3N2O2/c21-20(22,23)27-16-9-3-7-14-17(16)24-18(26)19(14)11-12-5-1-2-6-13(12)15-8-4-10-25(15)19/h1-10H,11H2,(H,24,26). The molecule has 1 spiro atoms. The largest absolute Gasteiger partial charge is 0.573 e. The van der Waals surface area contributed by atoms with Crippen LogP contribution < -0.4 is 10.1 Å². The zero-order valence-electron chi connectivity index (χ0n) is 13.9. The number of nitrogens with one attached hydrogen (secondary N) is 1. The van der Waals surface area contributed by atoms with E-state index >= 15 is 0 Å². The van der Waals surface area contributed by atoms with Gasteiger partial charge in [0.05, 0.1) is 5.69 Å². The number of carbonyl (C=O) groups excluding carboxylic acids is 1. The number of halogens is 3. The van der Waals surface area contributed by atoms with Gasteiger partial charge in [-0.25, -0.2) is 0 Å². The minimum absolute atomic E-state index is 0.0684. The lowest BCUT2D eigenvalue weighted by atomic mass is 9.79. The number of nitrogens with zero attached hydrogens (tertiary/aromatic N) is 1. The zero-order valence-corrected chi connectivity index (χ0v) is 13.9. The van der Waals surface area contributed by atoms with E-state index in [9.17, 15) is 18.0 Å². The van der Waals surface area contributed by atoms with E-state index in [1.54, 1.807) is 12.3 Å². The lowest BCUT2D eigenvalue weighted by molar-refractivity contribution is -0.274. The molecule has 1 atom stereocenters. The maximum atomic E-state index is 13.1. The number of amides is 1. The third-order valence-corrected chi connectivity index (χ3v) is 5.21. The van der Waals surface area contributed by atoms with E-state index in [0.717, 1.165) is 16.8 Å². The van der Waals surface area contributed by atoms with Gasteiger partial charge in [-0.05, 0) is 23.8 Å². The van der Waals surface area contributed by atoms with Gasteiger partial charge in [0, 0.05) is 29.4 Å². The molecular weight excluding hydrogens is 357 g/mol. The molecule has 2 aliphatic heterocycles. The van der Waals surface area contributed by atoms with Crippen LogP contribution in [0.15, 0.2) is 60.8 Å². The van der Waals surface area contributed by atoms with Crippen molar-refractivity contribution in [1.29, 1.82) is 0 Å². The molecule has 1 amide bonds. The van der Waals surface area contributed by atoms with Gasteiger partial charge < -0.3 is 14.6 Å². The van der Waals surface area contributed by atoms with Crippen molar-refractivity contribution in [3.05, 3.63) is 71.9 Å². The second kappa shape index (κ2) is 5.16. The Hall–Kier alpha value is -3.22. The van der Waals surface area contributed by atoms with Crippen molar-refractivity contribution in [1.82, 2.24) is 4.57 Å². The van der Waals surface area contributed by atoms with E-state index in [2.05, 4.69) is 10.1 Å². The summed E-state index contributed by atoms with van der Waals surface area (Å²) in [5, 5.41) is 2.63. The fourth-order valence-corrected chi connectivity index (χ4v) is 4.19. The maximum Gasteiger partial charge on any atom is 0.573 e. The number of anilines is 1. The molecule has 0 aliphatic carbocycles. The van der Waals surface area contributed by atoms with Crippen LogP contribution in [0.3, 0.4) is 0 Å². The van der Waals surface area contributed by atoms with Gasteiger partial charge in [0.1, 0.15) is 0 Å². The minimum atomic E-state index is -4.84. The number of hydrogen-bond acceptors (Lipinski definition) is 2. The molecular formula is C20H13F3N2O2. The number of hydrogen-bond donors (Lipinski definition) is 1. The van der Waals surface area contributed by atoms with E-state index in [-0.39, 0.29) is 11.6 Å². The number of aromatic nitrogens is 1. The first-order chi connectivity index (χ1) is 12.9. The molecule has 1 N–H and O–H groups in total. The highest BCUT2D eigenvalue weighted by Crippen LogP contribution is 2.51. The van der Waals surface area contributed by atoms with Gasteiger partial charge >= 0.3 is 6.36 Å². The molecule has 0 saturated heterocycles. The molecule has 0 radical (unpaired) electrons. The summed E-state index contributed by atoms with van der Waals surface area (Å²) in [5.41, 5.74) is 2.22. The van der Waals surface area contributed by atoms with Crippen LogP contribution in [-0.2, 0) is 16.8 Å². The lowest BCUT2D eigenvalue weighted by Gasteiger charge is -2.36. The van der Waals surface area contributed by atoms with Gasteiger partial charge in [0.25, 0.3) is 5.91 Å². The van der Waals surface area contributed by atoms with Crippen molar-refractivity contribution in [2.45, 2.75) is 18.3 Å². The van der Waals surface area contributed by atoms with Crippen LogP contribution in [0.4, 0.5) is 18.9 Å². The Morgan fingerprint density at radius 2 is 1.85 bits per heavy atom. The first-order valence-electron chi connectivity index (χ1n) is 8.37. The molecule has 0 saturated carbocycles. The molecule has 3 heterocycles. The highest BCUT2D eigenvalue weighted by Gasteiger charge is 2.52. The van der Waals surface area contributed by atoms with Crippen LogP contribution in [0.25, 0.3) is 11.3 Å². The molecule has 4 nitrogen and oxygen atoms in total. The predicted octanol–water partition coefficient (Wildman–Crippen LogP) is 4.31. The van der Waals surface area contributed by atoms with Gasteiger partial charge in [-0.15, -0.1) is 13.2 Å². The Kier molecular flexibility index (Phi) is 3.05. The van der Waals surface area contributed by atoms with Crippen LogP contribution in [0.5, 0.6) is 5.75 Å². The van der Waals surface area contributed by atoms with E-state index < -0.39 is 17.7 Å². The van der Waals surface area contributed by atoms with Crippen LogP contribution >= 0.6 is 0 Å². The minimum Gasteiger partial charge on any atom is -0.404 e. The van der Waals surface area contributed by atoms with Crippen molar-refractivity contribution < 1.29 is 22.7 Å². The molecule has 1 aromatic heterocycles. The third kappa shape index (κ3) is 2.14. The molecule has 0 fully saturated rings. The molecule has 2 aliphatic rings. The fraction of sp³-hybridized carbons (Fsp3) is 0.150. The summed E-state index contributed by atoms with van der Waals surface area (Å²) in [6, 6.07) is 15.8. The third-order valence-electron chi connectivity index (χ3n) is 5.21. The van der Waals surface area contributed by atoms with Crippen LogP contribution in [0, 0.1) is 0 Å². The second-order valence-electron chi connectivity index (χ2n) is 6.64. The Morgan fingerprint density at radius 3 is 2.67 bits per heavy atom. The average molecular weight is 370 g/mol. The monoisotopic (exact) mass is 370 g/mol. The SMILES string of the molecule is O=C1Nc2c(OC(F)(F)F)cccc2C12Cc1ccccc1-c1cccn12. The highest BCUT2D eigenvalue weighted by molar-refractivity contribution is 6.08. The summed E-state index contributed by atoms with van der Waals surface area (Å²) in [4.78, 5) is 13.1. The number of ether oxygens (including phenoxy) is 1. The van der Waals surface area contributed by atoms with Crippen LogP contribution in [0.1, 0.15) is 11.1 Å². The van der Waals surface area contributed by atoms with E-state index in [4.69, 9.17) is 0 Å². The molecule has 0 bridgehead atoms. The summed E-state index contributed by atoms with van der Waals surface area (Å²) < 4.78 is 44.3. The molecule has 5 rings (SSSR count). The summed E-state index contributed by atoms with van der Waals surface area (Å²) in [5.74, 6) is -0.777. The number of fused-ring (bicyclic) bond motifs is 6. The van der Waals surface area contributed by atoms with Gasteiger partial charge in [-0.2, -0.15) is 0 Å². The number of carbonyl (C=O) groups is 1. The first kappa shape index (κ1) is 16.0. The van der Waals surface area contributed by atoms with Gasteiger partial charge in [0.15, 0.2) is 11.3 Å². The van der Waals surface area contributed by atoms with E-state index in [0.29, 0.717) is 12.0 Å². The van der Waals surface area contributed by atoms with Gasteiger partial charge in [0.2, 0.25) is 0 Å². The van der Waals surface area contributed by atoms with E-state index in [1.807, 2.05) is 41.0 Å². The van der Waals surface area contributed by atoms with Crippen molar-refractivity contribution in [3.63, 3.8) is 0 Å². The summed E-state index contributed by atoms with van der Waals surface area (Å²) in [6.07, 6.45) is -2.70. The van der Waals surface area contributed by atoms with Crippen LogP contribution in [0.2, 0.25) is 0 Å². The van der Waals surface area contributed by atoms with Crippen LogP contribution in [-0.4, -0.2) is 16.8 Å². The number of alkyl halides is 3. The number of benzene rings is 2. The van der Waals surface area contributed by atoms with Gasteiger partial charge in [-0.1, -0.05) is 36.4 Å². The number of rotatable bonds is 1.